The Morgan fingerprint density at radius 3 is 2.19 bits per heavy atom. The SMILES string of the molecule is CC(C)(C)C(=O)[C@@H]1[C@@H](c2ccccc2F)C2(C(=O)c3ccccc3C2=O)[C@H]2C=Cc3cc(Cl)ccc3N12. The highest BCUT2D eigenvalue weighted by atomic mass is 35.5. The van der Waals surface area contributed by atoms with Gasteiger partial charge in [0.15, 0.2) is 17.3 Å². The van der Waals surface area contributed by atoms with Gasteiger partial charge in [0, 0.05) is 33.2 Å². The van der Waals surface area contributed by atoms with Gasteiger partial charge >= 0.3 is 0 Å². The number of ketones is 3. The number of fused-ring (bicyclic) bond motifs is 5. The molecule has 2 aliphatic heterocycles. The third kappa shape index (κ3) is 3.10. The van der Waals surface area contributed by atoms with E-state index in [1.165, 1.54) is 6.07 Å². The molecule has 0 saturated carbocycles. The van der Waals surface area contributed by atoms with E-state index in [0.29, 0.717) is 21.8 Å². The van der Waals surface area contributed by atoms with E-state index in [1.807, 2.05) is 43.9 Å². The molecule has 1 fully saturated rings. The van der Waals surface area contributed by atoms with E-state index in [9.17, 15) is 14.4 Å². The van der Waals surface area contributed by atoms with E-state index in [1.54, 1.807) is 54.6 Å². The Morgan fingerprint density at radius 2 is 1.57 bits per heavy atom. The number of anilines is 1. The van der Waals surface area contributed by atoms with Crippen molar-refractivity contribution in [2.45, 2.75) is 38.8 Å². The Kier molecular flexibility index (Phi) is 5.12. The number of carbonyl (C=O) groups excluding carboxylic acids is 3. The van der Waals surface area contributed by atoms with Gasteiger partial charge in [-0.05, 0) is 35.4 Å². The van der Waals surface area contributed by atoms with Gasteiger partial charge in [0.2, 0.25) is 0 Å². The molecule has 1 aliphatic carbocycles. The van der Waals surface area contributed by atoms with Crippen LogP contribution in [0, 0.1) is 16.6 Å². The highest BCUT2D eigenvalue weighted by Gasteiger charge is 2.72. The van der Waals surface area contributed by atoms with Crippen LogP contribution in [0.2, 0.25) is 5.02 Å². The first kappa shape index (κ1) is 23.8. The lowest BCUT2D eigenvalue weighted by atomic mass is 9.63. The molecule has 3 atom stereocenters. The molecule has 0 bridgehead atoms. The van der Waals surface area contributed by atoms with E-state index in [-0.39, 0.29) is 22.9 Å². The molecule has 37 heavy (non-hydrogen) atoms. The highest BCUT2D eigenvalue weighted by molar-refractivity contribution is 6.32. The number of rotatable bonds is 2. The molecular weight excluding hydrogens is 489 g/mol. The lowest BCUT2D eigenvalue weighted by molar-refractivity contribution is -0.127. The number of nitrogens with zero attached hydrogens (tertiary/aromatic N) is 1. The van der Waals surface area contributed by atoms with Crippen LogP contribution in [0.5, 0.6) is 0 Å². The molecular formula is C31H25ClFNO3. The molecule has 3 aromatic rings. The Labute approximate surface area is 219 Å². The van der Waals surface area contributed by atoms with Crippen LogP contribution >= 0.6 is 11.6 Å². The maximum absolute atomic E-state index is 15.6. The largest absolute Gasteiger partial charge is 0.352 e. The maximum atomic E-state index is 15.6. The van der Waals surface area contributed by atoms with Crippen molar-refractivity contribution in [3.8, 4) is 0 Å². The summed E-state index contributed by atoms with van der Waals surface area (Å²) < 4.78 is 15.6. The zero-order chi connectivity index (χ0) is 26.3. The summed E-state index contributed by atoms with van der Waals surface area (Å²) in [6, 6.07) is 16.5. The lowest BCUT2D eigenvalue weighted by Crippen LogP contribution is -2.49. The molecule has 3 aliphatic rings. The predicted octanol–water partition coefficient (Wildman–Crippen LogP) is 6.53. The normalized spacial score (nSPS) is 23.3. The average molecular weight is 514 g/mol. The van der Waals surface area contributed by atoms with Gasteiger partial charge in [-0.15, -0.1) is 0 Å². The average Bonchev–Trinajstić information content (AvgIpc) is 3.29. The zero-order valence-corrected chi connectivity index (χ0v) is 21.4. The molecule has 3 aromatic carbocycles. The quantitative estimate of drug-likeness (QED) is 0.366. The highest BCUT2D eigenvalue weighted by Crippen LogP contribution is 2.61. The van der Waals surface area contributed by atoms with Crippen LogP contribution < -0.4 is 4.90 Å². The molecule has 6 heteroatoms. The molecule has 0 unspecified atom stereocenters. The van der Waals surface area contributed by atoms with Crippen LogP contribution in [0.25, 0.3) is 6.08 Å². The topological polar surface area (TPSA) is 54.5 Å². The van der Waals surface area contributed by atoms with Gasteiger partial charge in [0.25, 0.3) is 0 Å². The van der Waals surface area contributed by atoms with E-state index in [0.717, 1.165) is 5.56 Å². The summed E-state index contributed by atoms with van der Waals surface area (Å²) in [5.74, 6) is -2.50. The van der Waals surface area contributed by atoms with Crippen LogP contribution in [0.15, 0.2) is 72.8 Å². The number of benzene rings is 3. The molecule has 1 saturated heterocycles. The van der Waals surface area contributed by atoms with Crippen LogP contribution in [0.4, 0.5) is 10.1 Å². The van der Waals surface area contributed by atoms with Crippen molar-refractivity contribution in [1.29, 1.82) is 0 Å². The number of hydrogen-bond acceptors (Lipinski definition) is 4. The Hall–Kier alpha value is -3.57. The minimum absolute atomic E-state index is 0.171. The van der Waals surface area contributed by atoms with Crippen molar-refractivity contribution >= 4 is 40.7 Å². The zero-order valence-electron chi connectivity index (χ0n) is 20.7. The summed E-state index contributed by atoms with van der Waals surface area (Å²) in [6.45, 7) is 5.43. The van der Waals surface area contributed by atoms with E-state index >= 15 is 4.39 Å². The first-order valence-electron chi connectivity index (χ1n) is 12.3. The maximum Gasteiger partial charge on any atom is 0.180 e. The third-order valence-electron chi connectivity index (χ3n) is 8.01. The van der Waals surface area contributed by atoms with Gasteiger partial charge in [0.05, 0.1) is 12.1 Å². The second-order valence-electron chi connectivity index (χ2n) is 11.0. The van der Waals surface area contributed by atoms with Crippen molar-refractivity contribution in [2.75, 3.05) is 4.90 Å². The third-order valence-corrected chi connectivity index (χ3v) is 8.25. The molecule has 0 radical (unpaired) electrons. The molecule has 0 N–H and O–H groups in total. The monoisotopic (exact) mass is 513 g/mol. The second kappa shape index (κ2) is 7.96. The fourth-order valence-corrected chi connectivity index (χ4v) is 6.64. The fourth-order valence-electron chi connectivity index (χ4n) is 6.46. The van der Waals surface area contributed by atoms with Gasteiger partial charge in [-0.3, -0.25) is 14.4 Å². The van der Waals surface area contributed by atoms with Crippen molar-refractivity contribution in [3.05, 3.63) is 106 Å². The van der Waals surface area contributed by atoms with E-state index in [2.05, 4.69) is 0 Å². The van der Waals surface area contributed by atoms with Crippen LogP contribution in [-0.2, 0) is 4.79 Å². The number of Topliss-reactive ketones (excluding diaryl/α,β-unsaturated/α-hetero) is 3. The smallest absolute Gasteiger partial charge is 0.180 e. The molecule has 2 heterocycles. The summed E-state index contributed by atoms with van der Waals surface area (Å²) in [7, 11) is 0. The first-order valence-corrected chi connectivity index (χ1v) is 12.7. The molecule has 0 amide bonds. The van der Waals surface area contributed by atoms with Gasteiger partial charge in [-0.2, -0.15) is 0 Å². The van der Waals surface area contributed by atoms with E-state index in [4.69, 9.17) is 11.6 Å². The fraction of sp³-hybridized carbons (Fsp3) is 0.258. The Balaban J connectivity index is 1.72. The summed E-state index contributed by atoms with van der Waals surface area (Å²) >= 11 is 6.29. The molecule has 1 spiro atoms. The number of carbonyl (C=O) groups is 3. The van der Waals surface area contributed by atoms with Crippen LogP contribution in [0.3, 0.4) is 0 Å². The van der Waals surface area contributed by atoms with Gasteiger partial charge in [-0.25, -0.2) is 4.39 Å². The molecule has 186 valence electrons. The van der Waals surface area contributed by atoms with Gasteiger partial charge in [0.1, 0.15) is 11.2 Å². The van der Waals surface area contributed by atoms with Crippen molar-refractivity contribution in [3.63, 3.8) is 0 Å². The first-order chi connectivity index (χ1) is 17.6. The minimum atomic E-state index is -1.70. The molecule has 4 nitrogen and oxygen atoms in total. The second-order valence-corrected chi connectivity index (χ2v) is 11.5. The van der Waals surface area contributed by atoms with Gasteiger partial charge < -0.3 is 4.90 Å². The van der Waals surface area contributed by atoms with Crippen molar-refractivity contribution < 1.29 is 18.8 Å². The summed E-state index contributed by atoms with van der Waals surface area (Å²) in [6.07, 6.45) is 3.65. The molecule has 6 rings (SSSR count). The summed E-state index contributed by atoms with van der Waals surface area (Å²) in [5.41, 5.74) is -0.246. The lowest BCUT2D eigenvalue weighted by Gasteiger charge is -2.38. The minimum Gasteiger partial charge on any atom is -0.352 e. The summed E-state index contributed by atoms with van der Waals surface area (Å²) in [5, 5.41) is 0.528. The summed E-state index contributed by atoms with van der Waals surface area (Å²) in [4.78, 5) is 45.0. The van der Waals surface area contributed by atoms with Crippen molar-refractivity contribution in [1.82, 2.24) is 0 Å². The Morgan fingerprint density at radius 1 is 0.946 bits per heavy atom. The van der Waals surface area contributed by atoms with Crippen LogP contribution in [-0.4, -0.2) is 29.4 Å². The predicted molar refractivity (Wildman–Crippen MR) is 142 cm³/mol. The van der Waals surface area contributed by atoms with E-state index < -0.39 is 34.6 Å². The number of halogens is 2. The Bertz CT molecular complexity index is 1500. The van der Waals surface area contributed by atoms with Crippen molar-refractivity contribution in [2.24, 2.45) is 10.8 Å². The van der Waals surface area contributed by atoms with Gasteiger partial charge in [-0.1, -0.05) is 87.0 Å². The number of hydrogen-bond donors (Lipinski definition) is 0. The molecule has 0 aromatic heterocycles. The standard InChI is InChI=1S/C31H25ClFNO3/c1-30(2,3)29(37)26-25(21-10-6-7-11-22(21)33)31(27(35)19-8-4-5-9-20(19)28(31)36)24-15-12-17-16-18(32)13-14-23(17)34(24)26/h4-16,24-26H,1-3H3/t24-,25-,26+/m1/s1. The van der Waals surface area contributed by atoms with Crippen LogP contribution in [0.1, 0.15) is 58.5 Å².